The molecule has 0 aromatic heterocycles. The summed E-state index contributed by atoms with van der Waals surface area (Å²) in [5, 5.41) is 2.75. The van der Waals surface area contributed by atoms with E-state index in [1.165, 1.54) is 27.4 Å². The molecule has 0 spiro atoms. The third-order valence-electron chi connectivity index (χ3n) is 3.52. The van der Waals surface area contributed by atoms with Gasteiger partial charge in [-0.05, 0) is 24.3 Å². The lowest BCUT2D eigenvalue weighted by Gasteiger charge is -2.14. The SMILES string of the molecule is COc1cc(OC)c(OC)cc1CNC(=O)CSc1ccc(F)c(F)c1. The number of carbonyl (C=O) groups excluding carboxylic acids is 1. The minimum Gasteiger partial charge on any atom is -0.496 e. The molecule has 0 unspecified atom stereocenters. The van der Waals surface area contributed by atoms with Gasteiger partial charge in [0.25, 0.3) is 0 Å². The highest BCUT2D eigenvalue weighted by atomic mass is 32.2. The lowest BCUT2D eigenvalue weighted by Crippen LogP contribution is -2.24. The summed E-state index contributed by atoms with van der Waals surface area (Å²) in [7, 11) is 4.56. The minimum atomic E-state index is -0.939. The summed E-state index contributed by atoms with van der Waals surface area (Å²) in [5.41, 5.74) is 0.719. The number of carbonyl (C=O) groups is 1. The Bertz CT molecular complexity index is 786. The third-order valence-corrected chi connectivity index (χ3v) is 4.52. The maximum atomic E-state index is 13.2. The van der Waals surface area contributed by atoms with Gasteiger partial charge in [0.05, 0.1) is 27.1 Å². The van der Waals surface area contributed by atoms with E-state index in [2.05, 4.69) is 5.32 Å². The van der Waals surface area contributed by atoms with Crippen molar-refractivity contribution in [2.24, 2.45) is 0 Å². The highest BCUT2D eigenvalue weighted by molar-refractivity contribution is 8.00. The average Bonchev–Trinajstić information content (AvgIpc) is 2.66. The zero-order valence-electron chi connectivity index (χ0n) is 14.6. The predicted octanol–water partition coefficient (Wildman–Crippen LogP) is 3.40. The number of hydrogen-bond acceptors (Lipinski definition) is 5. The first-order valence-corrected chi connectivity index (χ1v) is 8.60. The number of nitrogens with one attached hydrogen (secondary N) is 1. The Balaban J connectivity index is 1.97. The van der Waals surface area contributed by atoms with E-state index in [-0.39, 0.29) is 18.2 Å². The summed E-state index contributed by atoms with van der Waals surface area (Å²) in [6.07, 6.45) is 0. The monoisotopic (exact) mass is 383 g/mol. The van der Waals surface area contributed by atoms with Crippen LogP contribution in [-0.4, -0.2) is 33.0 Å². The third kappa shape index (κ3) is 5.01. The maximum Gasteiger partial charge on any atom is 0.230 e. The molecule has 0 aliphatic rings. The van der Waals surface area contributed by atoms with Crippen molar-refractivity contribution in [3.8, 4) is 17.2 Å². The maximum absolute atomic E-state index is 13.2. The number of ether oxygens (including phenoxy) is 3. The summed E-state index contributed by atoms with van der Waals surface area (Å²) < 4.78 is 41.8. The Morgan fingerprint density at radius 2 is 1.62 bits per heavy atom. The van der Waals surface area contributed by atoms with E-state index >= 15 is 0 Å². The van der Waals surface area contributed by atoms with Crippen LogP contribution >= 0.6 is 11.8 Å². The van der Waals surface area contributed by atoms with E-state index in [1.54, 1.807) is 12.1 Å². The van der Waals surface area contributed by atoms with Crippen molar-refractivity contribution < 1.29 is 27.8 Å². The fraction of sp³-hybridized carbons (Fsp3) is 0.278. The van der Waals surface area contributed by atoms with Gasteiger partial charge >= 0.3 is 0 Å². The number of amides is 1. The van der Waals surface area contributed by atoms with Crippen molar-refractivity contribution in [1.29, 1.82) is 0 Å². The van der Waals surface area contributed by atoms with Crippen molar-refractivity contribution in [1.82, 2.24) is 5.32 Å². The van der Waals surface area contributed by atoms with E-state index in [0.717, 1.165) is 29.5 Å². The molecule has 0 aliphatic heterocycles. The van der Waals surface area contributed by atoms with Gasteiger partial charge < -0.3 is 19.5 Å². The Hall–Kier alpha value is -2.48. The van der Waals surface area contributed by atoms with Gasteiger partial charge in [-0.3, -0.25) is 4.79 Å². The second kappa shape index (κ2) is 9.28. The van der Waals surface area contributed by atoms with Gasteiger partial charge in [-0.15, -0.1) is 11.8 Å². The van der Waals surface area contributed by atoms with Crippen LogP contribution in [0.1, 0.15) is 5.56 Å². The second-order valence-electron chi connectivity index (χ2n) is 5.16. The lowest BCUT2D eigenvalue weighted by molar-refractivity contribution is -0.118. The molecule has 0 atom stereocenters. The average molecular weight is 383 g/mol. The van der Waals surface area contributed by atoms with E-state index in [0.29, 0.717) is 22.1 Å². The molecule has 26 heavy (non-hydrogen) atoms. The largest absolute Gasteiger partial charge is 0.496 e. The standard InChI is InChI=1S/C18H19F2NO4S/c1-23-15-8-17(25-3)16(24-2)6-11(15)9-21-18(22)10-26-12-4-5-13(19)14(20)7-12/h4-8H,9-10H2,1-3H3,(H,21,22). The molecule has 0 heterocycles. The van der Waals surface area contributed by atoms with Crippen LogP contribution < -0.4 is 19.5 Å². The topological polar surface area (TPSA) is 56.8 Å². The Kier molecular flexibility index (Phi) is 7.08. The van der Waals surface area contributed by atoms with Crippen molar-refractivity contribution in [3.63, 3.8) is 0 Å². The first-order valence-electron chi connectivity index (χ1n) is 7.62. The minimum absolute atomic E-state index is 0.0701. The first-order chi connectivity index (χ1) is 12.5. The van der Waals surface area contributed by atoms with Crippen LogP contribution in [-0.2, 0) is 11.3 Å². The molecular weight excluding hydrogens is 364 g/mol. The van der Waals surface area contributed by atoms with Gasteiger partial charge in [-0.2, -0.15) is 0 Å². The molecule has 0 bridgehead atoms. The molecule has 1 amide bonds. The number of thioether (sulfide) groups is 1. The van der Waals surface area contributed by atoms with Crippen LogP contribution in [0.4, 0.5) is 8.78 Å². The normalized spacial score (nSPS) is 10.3. The molecule has 8 heteroatoms. The van der Waals surface area contributed by atoms with Crippen molar-refractivity contribution in [2.45, 2.75) is 11.4 Å². The molecule has 2 aromatic rings. The van der Waals surface area contributed by atoms with Crippen LogP contribution in [0.25, 0.3) is 0 Å². The zero-order valence-corrected chi connectivity index (χ0v) is 15.4. The summed E-state index contributed by atoms with van der Waals surface area (Å²) >= 11 is 1.12. The number of hydrogen-bond donors (Lipinski definition) is 1. The fourth-order valence-electron chi connectivity index (χ4n) is 2.19. The number of benzene rings is 2. The van der Waals surface area contributed by atoms with Crippen LogP contribution in [0.15, 0.2) is 35.2 Å². The fourth-order valence-corrected chi connectivity index (χ4v) is 2.94. The van der Waals surface area contributed by atoms with Crippen LogP contribution in [0.3, 0.4) is 0 Å². The first kappa shape index (κ1) is 19.8. The van der Waals surface area contributed by atoms with E-state index < -0.39 is 11.6 Å². The molecular formula is C18H19F2NO4S. The predicted molar refractivity (Wildman–Crippen MR) is 95.0 cm³/mol. The smallest absolute Gasteiger partial charge is 0.230 e. The van der Waals surface area contributed by atoms with Gasteiger partial charge in [0, 0.05) is 23.1 Å². The highest BCUT2D eigenvalue weighted by Crippen LogP contribution is 2.34. The zero-order chi connectivity index (χ0) is 19.1. The summed E-state index contributed by atoms with van der Waals surface area (Å²) in [4.78, 5) is 12.5. The lowest BCUT2D eigenvalue weighted by atomic mass is 10.1. The van der Waals surface area contributed by atoms with Crippen LogP contribution in [0.2, 0.25) is 0 Å². The molecule has 0 radical (unpaired) electrons. The van der Waals surface area contributed by atoms with Crippen molar-refractivity contribution >= 4 is 17.7 Å². The number of rotatable bonds is 8. The highest BCUT2D eigenvalue weighted by Gasteiger charge is 2.13. The van der Waals surface area contributed by atoms with E-state index in [1.807, 2.05) is 0 Å². The molecule has 0 saturated carbocycles. The Morgan fingerprint density at radius 3 is 2.23 bits per heavy atom. The quantitative estimate of drug-likeness (QED) is 0.708. The molecule has 2 rings (SSSR count). The van der Waals surface area contributed by atoms with Gasteiger partial charge in [-0.25, -0.2) is 8.78 Å². The molecule has 0 fully saturated rings. The molecule has 2 aromatic carbocycles. The van der Waals surface area contributed by atoms with E-state index in [4.69, 9.17) is 14.2 Å². The molecule has 0 saturated heterocycles. The van der Waals surface area contributed by atoms with Crippen molar-refractivity contribution in [2.75, 3.05) is 27.1 Å². The Morgan fingerprint density at radius 1 is 0.962 bits per heavy atom. The summed E-state index contributed by atoms with van der Waals surface area (Å²) in [5.74, 6) is -0.444. The molecule has 140 valence electrons. The van der Waals surface area contributed by atoms with Gasteiger partial charge in [0.2, 0.25) is 5.91 Å². The Labute approximate surface area is 154 Å². The number of methoxy groups -OCH3 is 3. The van der Waals surface area contributed by atoms with Crippen LogP contribution in [0, 0.1) is 11.6 Å². The van der Waals surface area contributed by atoms with Gasteiger partial charge in [0.15, 0.2) is 23.1 Å². The second-order valence-corrected chi connectivity index (χ2v) is 6.21. The van der Waals surface area contributed by atoms with Crippen molar-refractivity contribution in [3.05, 3.63) is 47.5 Å². The summed E-state index contributed by atoms with van der Waals surface area (Å²) in [6, 6.07) is 6.92. The molecule has 0 aliphatic carbocycles. The van der Waals surface area contributed by atoms with Gasteiger partial charge in [0.1, 0.15) is 5.75 Å². The van der Waals surface area contributed by atoms with Gasteiger partial charge in [-0.1, -0.05) is 0 Å². The van der Waals surface area contributed by atoms with Crippen LogP contribution in [0.5, 0.6) is 17.2 Å². The molecule has 1 N–H and O–H groups in total. The number of halogens is 2. The van der Waals surface area contributed by atoms with E-state index in [9.17, 15) is 13.6 Å². The summed E-state index contributed by atoms with van der Waals surface area (Å²) in [6.45, 7) is 0.223. The molecule has 5 nitrogen and oxygen atoms in total.